The summed E-state index contributed by atoms with van der Waals surface area (Å²) in [6.07, 6.45) is -0.143. The highest BCUT2D eigenvalue weighted by Crippen LogP contribution is 2.07. The summed E-state index contributed by atoms with van der Waals surface area (Å²) in [6.45, 7) is 4.96. The van der Waals surface area contributed by atoms with Crippen molar-refractivity contribution in [2.24, 2.45) is 0 Å². The van der Waals surface area contributed by atoms with Crippen molar-refractivity contribution in [3.8, 4) is 0 Å². The molecule has 0 bridgehead atoms. The molecule has 9 heteroatoms. The number of rotatable bonds is 13. The first kappa shape index (κ1) is 22.3. The Bertz CT molecular complexity index is 428. The molecule has 0 spiro atoms. The lowest BCUT2D eigenvalue weighted by Gasteiger charge is -2.24. The predicted molar refractivity (Wildman–Crippen MR) is 85.8 cm³/mol. The standard InChI is InChI=1S/C15H28N2O7/c1-8(16-11(14(21)22)6-7-12(19)20)4-5-9(2)17-13(10(3)18)15(23)24/h8-11,13,16-18H,4-7H2,1-3H3,(H,19,20)(H,21,22)(H,23,24). The SMILES string of the molecule is CC(CCC(C)NC(C(=O)O)C(C)O)NC(CCC(=O)O)C(=O)O. The van der Waals surface area contributed by atoms with E-state index in [1.807, 2.05) is 0 Å². The molecule has 0 heterocycles. The first-order chi connectivity index (χ1) is 11.0. The Balaban J connectivity index is 4.34. The second kappa shape index (κ2) is 11.0. The summed E-state index contributed by atoms with van der Waals surface area (Å²) in [7, 11) is 0. The van der Waals surface area contributed by atoms with Gasteiger partial charge in [-0.3, -0.25) is 19.7 Å². The Morgan fingerprint density at radius 3 is 1.71 bits per heavy atom. The zero-order valence-corrected chi connectivity index (χ0v) is 14.2. The minimum absolute atomic E-state index is 0.00801. The normalized spacial score (nSPS) is 17.5. The number of aliphatic hydroxyl groups excluding tert-OH is 1. The van der Waals surface area contributed by atoms with E-state index >= 15 is 0 Å². The van der Waals surface area contributed by atoms with Crippen LogP contribution in [0, 0.1) is 0 Å². The summed E-state index contributed by atoms with van der Waals surface area (Å²) in [4.78, 5) is 32.7. The average molecular weight is 348 g/mol. The number of aliphatic hydroxyl groups is 1. The van der Waals surface area contributed by atoms with Gasteiger partial charge in [0, 0.05) is 18.5 Å². The van der Waals surface area contributed by atoms with Crippen LogP contribution >= 0.6 is 0 Å². The van der Waals surface area contributed by atoms with E-state index < -0.39 is 36.1 Å². The maximum Gasteiger partial charge on any atom is 0.323 e. The van der Waals surface area contributed by atoms with Gasteiger partial charge >= 0.3 is 17.9 Å². The molecule has 0 amide bonds. The fourth-order valence-electron chi connectivity index (χ4n) is 2.28. The lowest BCUT2D eigenvalue weighted by Crippen LogP contribution is -2.49. The summed E-state index contributed by atoms with van der Waals surface area (Å²) in [5.41, 5.74) is 0. The summed E-state index contributed by atoms with van der Waals surface area (Å²) < 4.78 is 0. The molecular formula is C15H28N2O7. The highest BCUT2D eigenvalue weighted by Gasteiger charge is 2.25. The van der Waals surface area contributed by atoms with Gasteiger partial charge in [0.25, 0.3) is 0 Å². The number of carbonyl (C=O) groups is 3. The van der Waals surface area contributed by atoms with Gasteiger partial charge in [0.05, 0.1) is 6.10 Å². The molecule has 0 aliphatic rings. The van der Waals surface area contributed by atoms with Crippen LogP contribution < -0.4 is 10.6 Å². The second-order valence-electron chi connectivity index (χ2n) is 6.09. The van der Waals surface area contributed by atoms with Crippen molar-refractivity contribution in [1.29, 1.82) is 0 Å². The minimum atomic E-state index is -1.14. The van der Waals surface area contributed by atoms with Gasteiger partial charge in [-0.15, -0.1) is 0 Å². The first-order valence-electron chi connectivity index (χ1n) is 7.92. The molecule has 6 N–H and O–H groups in total. The molecule has 0 rings (SSSR count). The Morgan fingerprint density at radius 2 is 1.33 bits per heavy atom. The van der Waals surface area contributed by atoms with Gasteiger partial charge in [-0.25, -0.2) is 0 Å². The third-order valence-corrected chi connectivity index (χ3v) is 3.68. The van der Waals surface area contributed by atoms with Crippen molar-refractivity contribution < 1.29 is 34.8 Å². The van der Waals surface area contributed by atoms with Gasteiger partial charge in [0.2, 0.25) is 0 Å². The summed E-state index contributed by atoms with van der Waals surface area (Å²) in [6, 6.07) is -2.37. The zero-order valence-electron chi connectivity index (χ0n) is 14.2. The summed E-state index contributed by atoms with van der Waals surface area (Å²) >= 11 is 0. The van der Waals surface area contributed by atoms with E-state index in [1.54, 1.807) is 13.8 Å². The maximum absolute atomic E-state index is 11.1. The van der Waals surface area contributed by atoms with Crippen LogP contribution in [0.2, 0.25) is 0 Å². The van der Waals surface area contributed by atoms with Crippen molar-refractivity contribution in [3.63, 3.8) is 0 Å². The largest absolute Gasteiger partial charge is 0.481 e. The van der Waals surface area contributed by atoms with Crippen LogP contribution in [-0.2, 0) is 14.4 Å². The van der Waals surface area contributed by atoms with E-state index in [9.17, 15) is 19.5 Å². The summed E-state index contributed by atoms with van der Waals surface area (Å²) in [5, 5.41) is 41.8. The molecule has 0 aliphatic carbocycles. The smallest absolute Gasteiger partial charge is 0.323 e. The maximum atomic E-state index is 11.1. The lowest BCUT2D eigenvalue weighted by molar-refractivity contribution is -0.143. The number of aliphatic carboxylic acids is 3. The van der Waals surface area contributed by atoms with Crippen molar-refractivity contribution in [2.75, 3.05) is 0 Å². The predicted octanol–water partition coefficient (Wildman–Crippen LogP) is -0.125. The van der Waals surface area contributed by atoms with Crippen LogP contribution in [0.5, 0.6) is 0 Å². The van der Waals surface area contributed by atoms with Gasteiger partial charge in [-0.05, 0) is 40.0 Å². The Kier molecular flexibility index (Phi) is 10.2. The van der Waals surface area contributed by atoms with Crippen LogP contribution in [-0.4, -0.2) is 68.6 Å². The molecule has 5 atom stereocenters. The minimum Gasteiger partial charge on any atom is -0.481 e. The average Bonchev–Trinajstić information content (AvgIpc) is 2.45. The molecule has 0 saturated heterocycles. The van der Waals surface area contributed by atoms with Gasteiger partial charge in [-0.1, -0.05) is 0 Å². The third kappa shape index (κ3) is 9.43. The zero-order chi connectivity index (χ0) is 18.9. The number of nitrogens with one attached hydrogen (secondary N) is 2. The topological polar surface area (TPSA) is 156 Å². The molecule has 9 nitrogen and oxygen atoms in total. The molecule has 0 aromatic carbocycles. The molecule has 0 fully saturated rings. The van der Waals surface area contributed by atoms with Crippen LogP contribution in [0.3, 0.4) is 0 Å². The molecular weight excluding hydrogens is 320 g/mol. The van der Waals surface area contributed by atoms with Crippen molar-refractivity contribution >= 4 is 17.9 Å². The first-order valence-corrected chi connectivity index (χ1v) is 7.92. The Hall–Kier alpha value is -1.71. The third-order valence-electron chi connectivity index (χ3n) is 3.68. The molecule has 0 aliphatic heterocycles. The van der Waals surface area contributed by atoms with Gasteiger partial charge in [-0.2, -0.15) is 0 Å². The van der Waals surface area contributed by atoms with Crippen molar-refractivity contribution in [3.05, 3.63) is 0 Å². The molecule has 140 valence electrons. The van der Waals surface area contributed by atoms with Gasteiger partial charge in [0.1, 0.15) is 12.1 Å². The highest BCUT2D eigenvalue weighted by atomic mass is 16.4. The second-order valence-corrected chi connectivity index (χ2v) is 6.09. The number of hydrogen-bond donors (Lipinski definition) is 6. The van der Waals surface area contributed by atoms with Crippen LogP contribution in [0.15, 0.2) is 0 Å². The number of carboxylic acid groups (broad SMARTS) is 3. The number of hydrogen-bond acceptors (Lipinski definition) is 6. The van der Waals surface area contributed by atoms with E-state index in [4.69, 9.17) is 15.3 Å². The molecule has 0 aromatic rings. The van der Waals surface area contributed by atoms with E-state index in [-0.39, 0.29) is 24.9 Å². The van der Waals surface area contributed by atoms with Gasteiger partial charge in [0.15, 0.2) is 0 Å². The van der Waals surface area contributed by atoms with Crippen LogP contribution in [0.4, 0.5) is 0 Å². The Morgan fingerprint density at radius 1 is 0.833 bits per heavy atom. The van der Waals surface area contributed by atoms with Crippen molar-refractivity contribution in [1.82, 2.24) is 10.6 Å². The fraction of sp³-hybridized carbons (Fsp3) is 0.800. The van der Waals surface area contributed by atoms with E-state index in [1.165, 1.54) is 6.92 Å². The van der Waals surface area contributed by atoms with E-state index in [0.717, 1.165) is 0 Å². The molecule has 5 unspecified atom stereocenters. The van der Waals surface area contributed by atoms with E-state index in [0.29, 0.717) is 12.8 Å². The molecule has 0 radical (unpaired) electrons. The molecule has 0 aromatic heterocycles. The highest BCUT2D eigenvalue weighted by molar-refractivity contribution is 5.75. The monoisotopic (exact) mass is 348 g/mol. The quantitative estimate of drug-likeness (QED) is 0.267. The van der Waals surface area contributed by atoms with Gasteiger partial charge < -0.3 is 25.7 Å². The van der Waals surface area contributed by atoms with Crippen LogP contribution in [0.1, 0.15) is 46.5 Å². The summed E-state index contributed by atoms with van der Waals surface area (Å²) in [5.74, 6) is -3.29. The fourth-order valence-corrected chi connectivity index (χ4v) is 2.28. The van der Waals surface area contributed by atoms with Crippen LogP contribution in [0.25, 0.3) is 0 Å². The Labute approximate surface area is 141 Å². The molecule has 24 heavy (non-hydrogen) atoms. The molecule has 0 saturated carbocycles. The van der Waals surface area contributed by atoms with Crippen molar-refractivity contribution in [2.45, 2.75) is 76.7 Å². The number of carboxylic acids is 3. The van der Waals surface area contributed by atoms with E-state index in [2.05, 4.69) is 10.6 Å². The lowest BCUT2D eigenvalue weighted by atomic mass is 10.0.